The summed E-state index contributed by atoms with van der Waals surface area (Å²) < 4.78 is 5.71. The standard InChI is InChI=1S/C24H27N3O4/c1-5-27-23(29)21(17-6-12-20(13-7-17)31-14-15(2)3)22(24(27)30)26-19-10-8-18(9-11-19)25-16(4)28/h6-13,15,26H,5,14H2,1-4H3,(H,25,28). The summed E-state index contributed by atoms with van der Waals surface area (Å²) in [6, 6.07) is 14.1. The topological polar surface area (TPSA) is 87.7 Å². The quantitative estimate of drug-likeness (QED) is 0.632. The van der Waals surface area contributed by atoms with E-state index in [1.807, 2.05) is 0 Å². The van der Waals surface area contributed by atoms with E-state index < -0.39 is 0 Å². The summed E-state index contributed by atoms with van der Waals surface area (Å²) in [4.78, 5) is 38.3. The van der Waals surface area contributed by atoms with Crippen LogP contribution >= 0.6 is 0 Å². The highest BCUT2D eigenvalue weighted by atomic mass is 16.5. The monoisotopic (exact) mass is 421 g/mol. The van der Waals surface area contributed by atoms with Crippen molar-refractivity contribution in [3.05, 3.63) is 59.8 Å². The van der Waals surface area contributed by atoms with Gasteiger partial charge in [0.25, 0.3) is 11.8 Å². The smallest absolute Gasteiger partial charge is 0.278 e. The Kier molecular flexibility index (Phi) is 6.74. The lowest BCUT2D eigenvalue weighted by Gasteiger charge is -2.12. The average Bonchev–Trinajstić information content (AvgIpc) is 2.97. The maximum absolute atomic E-state index is 13.0. The van der Waals surface area contributed by atoms with E-state index in [1.54, 1.807) is 55.5 Å². The predicted octanol–water partition coefficient (Wildman–Crippen LogP) is 3.89. The van der Waals surface area contributed by atoms with Gasteiger partial charge in [-0.25, -0.2) is 0 Å². The van der Waals surface area contributed by atoms with Crippen molar-refractivity contribution in [1.82, 2.24) is 4.90 Å². The molecule has 2 N–H and O–H groups in total. The summed E-state index contributed by atoms with van der Waals surface area (Å²) in [5.74, 6) is 0.253. The highest BCUT2D eigenvalue weighted by Gasteiger charge is 2.38. The molecule has 0 unspecified atom stereocenters. The average molecular weight is 421 g/mol. The molecule has 162 valence electrons. The first-order chi connectivity index (χ1) is 14.8. The molecule has 1 aliphatic heterocycles. The molecule has 7 nitrogen and oxygen atoms in total. The Balaban J connectivity index is 1.90. The van der Waals surface area contributed by atoms with Crippen molar-refractivity contribution in [1.29, 1.82) is 0 Å². The Morgan fingerprint density at radius 2 is 1.58 bits per heavy atom. The summed E-state index contributed by atoms with van der Waals surface area (Å²) in [5, 5.41) is 5.79. The summed E-state index contributed by atoms with van der Waals surface area (Å²) in [6.45, 7) is 8.23. The van der Waals surface area contributed by atoms with Gasteiger partial charge in [0.05, 0.1) is 12.2 Å². The van der Waals surface area contributed by atoms with Crippen LogP contribution in [0.4, 0.5) is 11.4 Å². The summed E-state index contributed by atoms with van der Waals surface area (Å²) in [7, 11) is 0. The molecule has 31 heavy (non-hydrogen) atoms. The van der Waals surface area contributed by atoms with Crippen molar-refractivity contribution in [3.8, 4) is 5.75 Å². The van der Waals surface area contributed by atoms with Crippen LogP contribution in [0.5, 0.6) is 5.75 Å². The minimum Gasteiger partial charge on any atom is -0.493 e. The van der Waals surface area contributed by atoms with Gasteiger partial charge in [-0.2, -0.15) is 0 Å². The molecule has 0 fully saturated rings. The van der Waals surface area contributed by atoms with Crippen molar-refractivity contribution in [2.45, 2.75) is 27.7 Å². The first kappa shape index (κ1) is 22.1. The van der Waals surface area contributed by atoms with Crippen molar-refractivity contribution in [2.75, 3.05) is 23.8 Å². The van der Waals surface area contributed by atoms with Crippen LogP contribution < -0.4 is 15.4 Å². The number of carbonyl (C=O) groups is 3. The van der Waals surface area contributed by atoms with Crippen molar-refractivity contribution in [2.24, 2.45) is 5.92 Å². The normalized spacial score (nSPS) is 13.8. The zero-order chi connectivity index (χ0) is 22.5. The number of likely N-dealkylation sites (N-methyl/N-ethyl adjacent to an activating group) is 1. The second-order valence-electron chi connectivity index (χ2n) is 7.72. The zero-order valence-electron chi connectivity index (χ0n) is 18.2. The van der Waals surface area contributed by atoms with Crippen LogP contribution in [0.25, 0.3) is 5.57 Å². The van der Waals surface area contributed by atoms with Crippen LogP contribution in [0.1, 0.15) is 33.3 Å². The van der Waals surface area contributed by atoms with Crippen LogP contribution in [0.3, 0.4) is 0 Å². The van der Waals surface area contributed by atoms with E-state index >= 15 is 0 Å². The van der Waals surface area contributed by atoms with E-state index in [2.05, 4.69) is 24.5 Å². The van der Waals surface area contributed by atoms with Gasteiger partial charge < -0.3 is 15.4 Å². The van der Waals surface area contributed by atoms with Crippen molar-refractivity contribution in [3.63, 3.8) is 0 Å². The fraction of sp³-hybridized carbons (Fsp3) is 0.292. The number of hydrogen-bond donors (Lipinski definition) is 2. The molecule has 0 atom stereocenters. The molecule has 0 bridgehead atoms. The third-order valence-corrected chi connectivity index (χ3v) is 4.69. The van der Waals surface area contributed by atoms with Crippen LogP contribution in [-0.2, 0) is 14.4 Å². The Morgan fingerprint density at radius 1 is 0.968 bits per heavy atom. The number of ether oxygens (including phenoxy) is 1. The predicted molar refractivity (Wildman–Crippen MR) is 120 cm³/mol. The largest absolute Gasteiger partial charge is 0.493 e. The van der Waals surface area contributed by atoms with E-state index in [0.29, 0.717) is 40.8 Å². The zero-order valence-corrected chi connectivity index (χ0v) is 18.2. The lowest BCUT2D eigenvalue weighted by molar-refractivity contribution is -0.136. The molecule has 0 radical (unpaired) electrons. The maximum atomic E-state index is 13.0. The maximum Gasteiger partial charge on any atom is 0.278 e. The van der Waals surface area contributed by atoms with Gasteiger partial charge in [0.2, 0.25) is 5.91 Å². The number of benzene rings is 2. The number of rotatable bonds is 8. The SMILES string of the molecule is CCN1C(=O)C(Nc2ccc(NC(C)=O)cc2)=C(c2ccc(OCC(C)C)cc2)C1=O. The lowest BCUT2D eigenvalue weighted by Crippen LogP contribution is -2.32. The molecular weight excluding hydrogens is 394 g/mol. The molecule has 1 heterocycles. The lowest BCUT2D eigenvalue weighted by atomic mass is 10.0. The second kappa shape index (κ2) is 9.47. The second-order valence-corrected chi connectivity index (χ2v) is 7.72. The van der Waals surface area contributed by atoms with E-state index in [9.17, 15) is 14.4 Å². The van der Waals surface area contributed by atoms with E-state index in [4.69, 9.17) is 4.74 Å². The molecule has 3 rings (SSSR count). The molecule has 7 heteroatoms. The van der Waals surface area contributed by atoms with Crippen LogP contribution in [0.2, 0.25) is 0 Å². The fourth-order valence-corrected chi connectivity index (χ4v) is 3.21. The van der Waals surface area contributed by atoms with Gasteiger partial charge in [0.1, 0.15) is 11.4 Å². The van der Waals surface area contributed by atoms with Crippen LogP contribution in [0.15, 0.2) is 54.2 Å². The minimum atomic E-state index is -0.367. The molecule has 2 aromatic carbocycles. The minimum absolute atomic E-state index is 0.165. The fourth-order valence-electron chi connectivity index (χ4n) is 3.21. The van der Waals surface area contributed by atoms with Crippen molar-refractivity contribution < 1.29 is 19.1 Å². The van der Waals surface area contributed by atoms with Crippen LogP contribution in [-0.4, -0.2) is 35.8 Å². The Morgan fingerprint density at radius 3 is 2.13 bits per heavy atom. The Hall–Kier alpha value is -3.61. The molecule has 0 saturated heterocycles. The van der Waals surface area contributed by atoms with Gasteiger partial charge in [-0.3, -0.25) is 19.3 Å². The molecule has 0 spiro atoms. The molecule has 0 saturated carbocycles. The van der Waals surface area contributed by atoms with Gasteiger partial charge in [-0.05, 0) is 54.8 Å². The summed E-state index contributed by atoms with van der Waals surface area (Å²) >= 11 is 0. The first-order valence-electron chi connectivity index (χ1n) is 10.3. The third-order valence-electron chi connectivity index (χ3n) is 4.69. The summed E-state index contributed by atoms with van der Waals surface area (Å²) in [5.41, 5.74) is 2.48. The van der Waals surface area contributed by atoms with Gasteiger partial charge in [-0.1, -0.05) is 26.0 Å². The highest BCUT2D eigenvalue weighted by Crippen LogP contribution is 2.31. The number of imide groups is 1. The first-order valence-corrected chi connectivity index (χ1v) is 10.3. The van der Waals surface area contributed by atoms with E-state index in [1.165, 1.54) is 11.8 Å². The number of amides is 3. The van der Waals surface area contributed by atoms with Crippen LogP contribution in [0, 0.1) is 5.92 Å². The number of nitrogens with zero attached hydrogens (tertiary/aromatic N) is 1. The number of carbonyl (C=O) groups excluding carboxylic acids is 3. The van der Waals surface area contributed by atoms with Gasteiger partial charge in [0, 0.05) is 24.8 Å². The molecule has 0 aliphatic carbocycles. The van der Waals surface area contributed by atoms with Gasteiger partial charge in [-0.15, -0.1) is 0 Å². The Labute approximate surface area is 182 Å². The molecule has 2 aromatic rings. The van der Waals surface area contributed by atoms with Gasteiger partial charge in [0.15, 0.2) is 0 Å². The number of hydrogen-bond acceptors (Lipinski definition) is 5. The molecular formula is C24H27N3O4. The Bertz CT molecular complexity index is 1010. The van der Waals surface area contributed by atoms with Crippen molar-refractivity contribution >= 4 is 34.7 Å². The third kappa shape index (κ3) is 5.12. The number of nitrogens with one attached hydrogen (secondary N) is 2. The molecule has 0 aromatic heterocycles. The van der Waals surface area contributed by atoms with Gasteiger partial charge >= 0.3 is 0 Å². The molecule has 3 amide bonds. The molecule has 1 aliphatic rings. The van der Waals surface area contributed by atoms with E-state index in [-0.39, 0.29) is 30.0 Å². The summed E-state index contributed by atoms with van der Waals surface area (Å²) in [6.07, 6.45) is 0. The number of anilines is 2. The van der Waals surface area contributed by atoms with E-state index in [0.717, 1.165) is 0 Å². The highest BCUT2D eigenvalue weighted by molar-refractivity contribution is 6.36.